The summed E-state index contributed by atoms with van der Waals surface area (Å²) in [6.45, 7) is 7.30. The quantitative estimate of drug-likeness (QED) is 0.659. The number of carbonyl (C=O) groups is 2. The van der Waals surface area contributed by atoms with Gasteiger partial charge in [0.25, 0.3) is 0 Å². The van der Waals surface area contributed by atoms with Crippen LogP contribution in [0.2, 0.25) is 0 Å². The van der Waals surface area contributed by atoms with E-state index < -0.39 is 11.4 Å². The fourth-order valence-electron chi connectivity index (χ4n) is 1.52. The number of hydrogen-bond acceptors (Lipinski definition) is 4. The molecular formula is C16H20BrNO3. The molecule has 1 aromatic rings. The van der Waals surface area contributed by atoms with Crippen molar-refractivity contribution in [1.82, 2.24) is 0 Å². The molecule has 0 aromatic heterocycles. The maximum atomic E-state index is 12.1. The van der Waals surface area contributed by atoms with Crippen molar-refractivity contribution in [3.8, 4) is 0 Å². The molecule has 0 spiro atoms. The van der Waals surface area contributed by atoms with Crippen LogP contribution in [0.5, 0.6) is 0 Å². The molecule has 0 saturated heterocycles. The Labute approximate surface area is 133 Å². The molecule has 0 fully saturated rings. The highest BCUT2D eigenvalue weighted by molar-refractivity contribution is 9.10. The van der Waals surface area contributed by atoms with Crippen molar-refractivity contribution >= 4 is 33.4 Å². The predicted molar refractivity (Wildman–Crippen MR) is 87.1 cm³/mol. The summed E-state index contributed by atoms with van der Waals surface area (Å²) < 4.78 is 5.67. The normalized spacial score (nSPS) is 12.0. The topological polar surface area (TPSA) is 55.4 Å². The van der Waals surface area contributed by atoms with E-state index in [1.807, 2.05) is 25.1 Å². The molecule has 0 amide bonds. The third-order valence-electron chi connectivity index (χ3n) is 2.88. The van der Waals surface area contributed by atoms with Crippen LogP contribution in [-0.2, 0) is 14.3 Å². The van der Waals surface area contributed by atoms with Crippen molar-refractivity contribution in [3.05, 3.63) is 40.0 Å². The van der Waals surface area contributed by atoms with E-state index >= 15 is 0 Å². The standard InChI is InChI=1S/C16H20BrNO3/c1-10-8-11(17)6-7-12(10)18-13(15(20)21-5)9-14(19)16(2,3)4/h6-9,18H,1-5H3/b13-9-. The minimum atomic E-state index is -0.574. The van der Waals surface area contributed by atoms with Gasteiger partial charge in [0.2, 0.25) is 0 Å². The van der Waals surface area contributed by atoms with E-state index in [9.17, 15) is 9.59 Å². The van der Waals surface area contributed by atoms with Gasteiger partial charge in [-0.25, -0.2) is 4.79 Å². The summed E-state index contributed by atoms with van der Waals surface area (Å²) in [7, 11) is 1.29. The Morgan fingerprint density at radius 2 is 1.90 bits per heavy atom. The Balaban J connectivity index is 3.13. The molecule has 1 N–H and O–H groups in total. The maximum absolute atomic E-state index is 12.1. The first-order valence-corrected chi connectivity index (χ1v) is 7.32. The Kier molecular flexibility index (Phi) is 5.72. The lowest BCUT2D eigenvalue weighted by atomic mass is 9.90. The number of nitrogens with one attached hydrogen (secondary N) is 1. The van der Waals surface area contributed by atoms with E-state index in [0.717, 1.165) is 15.7 Å². The van der Waals surface area contributed by atoms with Gasteiger partial charge < -0.3 is 10.1 Å². The van der Waals surface area contributed by atoms with Gasteiger partial charge in [-0.3, -0.25) is 4.79 Å². The fraction of sp³-hybridized carbons (Fsp3) is 0.375. The highest BCUT2D eigenvalue weighted by atomic mass is 79.9. The summed E-state index contributed by atoms with van der Waals surface area (Å²) in [6.07, 6.45) is 1.30. The minimum Gasteiger partial charge on any atom is -0.464 e. The monoisotopic (exact) mass is 353 g/mol. The van der Waals surface area contributed by atoms with E-state index in [0.29, 0.717) is 0 Å². The Morgan fingerprint density at radius 3 is 2.38 bits per heavy atom. The first-order chi connectivity index (χ1) is 9.65. The van der Waals surface area contributed by atoms with Crippen LogP contribution < -0.4 is 5.32 Å². The molecule has 4 nitrogen and oxygen atoms in total. The van der Waals surface area contributed by atoms with Crippen LogP contribution in [0.15, 0.2) is 34.4 Å². The van der Waals surface area contributed by atoms with Crippen LogP contribution >= 0.6 is 15.9 Å². The van der Waals surface area contributed by atoms with Gasteiger partial charge in [-0.2, -0.15) is 0 Å². The van der Waals surface area contributed by atoms with Crippen molar-refractivity contribution in [2.75, 3.05) is 12.4 Å². The highest BCUT2D eigenvalue weighted by Crippen LogP contribution is 2.23. The van der Waals surface area contributed by atoms with E-state index in [-0.39, 0.29) is 11.5 Å². The number of esters is 1. The zero-order chi connectivity index (χ0) is 16.2. The molecule has 0 aliphatic carbocycles. The number of allylic oxidation sites excluding steroid dienone is 1. The van der Waals surface area contributed by atoms with E-state index in [1.165, 1.54) is 13.2 Å². The zero-order valence-electron chi connectivity index (χ0n) is 12.9. The molecule has 0 radical (unpaired) electrons. The first-order valence-electron chi connectivity index (χ1n) is 6.52. The molecule has 0 unspecified atom stereocenters. The van der Waals surface area contributed by atoms with Gasteiger partial charge in [-0.15, -0.1) is 0 Å². The van der Waals surface area contributed by atoms with Crippen LogP contribution in [0.25, 0.3) is 0 Å². The Hall–Kier alpha value is -1.62. The molecule has 21 heavy (non-hydrogen) atoms. The molecule has 5 heteroatoms. The average molecular weight is 354 g/mol. The third kappa shape index (κ3) is 5.01. The SMILES string of the molecule is COC(=O)/C(=C/C(=O)C(C)(C)C)Nc1ccc(Br)cc1C. The minimum absolute atomic E-state index is 0.128. The number of benzene rings is 1. The molecule has 0 heterocycles. The molecule has 0 saturated carbocycles. The lowest BCUT2D eigenvalue weighted by molar-refractivity contribution is -0.136. The van der Waals surface area contributed by atoms with E-state index in [1.54, 1.807) is 20.8 Å². The molecule has 0 bridgehead atoms. The molecule has 114 valence electrons. The van der Waals surface area contributed by atoms with E-state index in [2.05, 4.69) is 21.2 Å². The number of ether oxygens (including phenoxy) is 1. The summed E-state index contributed by atoms with van der Waals surface area (Å²) in [5.41, 5.74) is 1.26. The van der Waals surface area contributed by atoms with E-state index in [4.69, 9.17) is 4.74 Å². The maximum Gasteiger partial charge on any atom is 0.354 e. The number of halogens is 1. The van der Waals surface area contributed by atoms with Gasteiger partial charge >= 0.3 is 5.97 Å². The predicted octanol–water partition coefficient (Wildman–Crippen LogP) is 3.84. The van der Waals surface area contributed by atoms with Gasteiger partial charge in [-0.1, -0.05) is 36.7 Å². The zero-order valence-corrected chi connectivity index (χ0v) is 14.5. The molecular weight excluding hydrogens is 334 g/mol. The van der Waals surface area contributed by atoms with Crippen LogP contribution in [0, 0.1) is 12.3 Å². The summed E-state index contributed by atoms with van der Waals surface area (Å²) >= 11 is 3.38. The van der Waals surface area contributed by atoms with Gasteiger partial charge in [-0.05, 0) is 30.7 Å². The second-order valence-electron chi connectivity index (χ2n) is 5.75. The van der Waals surface area contributed by atoms with Gasteiger partial charge in [0.15, 0.2) is 5.78 Å². The van der Waals surface area contributed by atoms with Crippen molar-refractivity contribution in [3.63, 3.8) is 0 Å². The number of carbonyl (C=O) groups excluding carboxylic acids is 2. The van der Waals surface area contributed by atoms with Crippen molar-refractivity contribution < 1.29 is 14.3 Å². The largest absolute Gasteiger partial charge is 0.464 e. The molecule has 1 rings (SSSR count). The van der Waals surface area contributed by atoms with Crippen molar-refractivity contribution in [1.29, 1.82) is 0 Å². The van der Waals surface area contributed by atoms with Gasteiger partial charge in [0.05, 0.1) is 7.11 Å². The third-order valence-corrected chi connectivity index (χ3v) is 3.37. The summed E-state index contributed by atoms with van der Waals surface area (Å²) in [5, 5.41) is 2.97. The number of hydrogen-bond donors (Lipinski definition) is 1. The first kappa shape index (κ1) is 17.4. The number of aryl methyl sites for hydroxylation is 1. The summed E-state index contributed by atoms with van der Waals surface area (Å²) in [6, 6.07) is 5.61. The van der Waals surface area contributed by atoms with Crippen LogP contribution in [0.4, 0.5) is 5.69 Å². The summed E-state index contributed by atoms with van der Waals surface area (Å²) in [5.74, 6) is -0.722. The Bertz CT molecular complexity index is 586. The number of anilines is 1. The van der Waals surface area contributed by atoms with Crippen LogP contribution in [0.3, 0.4) is 0 Å². The van der Waals surface area contributed by atoms with Gasteiger partial charge in [0.1, 0.15) is 5.70 Å². The number of ketones is 1. The molecule has 0 aliphatic rings. The lowest BCUT2D eigenvalue weighted by Crippen LogP contribution is -2.22. The second-order valence-corrected chi connectivity index (χ2v) is 6.66. The van der Waals surface area contributed by atoms with Gasteiger partial charge in [0, 0.05) is 21.7 Å². The molecule has 1 aromatic carbocycles. The highest BCUT2D eigenvalue weighted by Gasteiger charge is 2.22. The van der Waals surface area contributed by atoms with Crippen molar-refractivity contribution in [2.24, 2.45) is 5.41 Å². The smallest absolute Gasteiger partial charge is 0.354 e. The van der Waals surface area contributed by atoms with Crippen LogP contribution in [-0.4, -0.2) is 18.9 Å². The average Bonchev–Trinajstić information content (AvgIpc) is 2.38. The summed E-state index contributed by atoms with van der Waals surface area (Å²) in [4.78, 5) is 23.9. The number of rotatable bonds is 4. The Morgan fingerprint density at radius 1 is 1.29 bits per heavy atom. The molecule has 0 aliphatic heterocycles. The fourth-order valence-corrected chi connectivity index (χ4v) is 1.99. The second kappa shape index (κ2) is 6.89. The number of methoxy groups -OCH3 is 1. The van der Waals surface area contributed by atoms with Crippen LogP contribution in [0.1, 0.15) is 26.3 Å². The van der Waals surface area contributed by atoms with Crippen molar-refractivity contribution in [2.45, 2.75) is 27.7 Å². The lowest BCUT2D eigenvalue weighted by Gasteiger charge is -2.16. The molecule has 0 atom stereocenters.